The van der Waals surface area contributed by atoms with Crippen molar-refractivity contribution in [3.05, 3.63) is 0 Å². The zero-order valence-corrected chi connectivity index (χ0v) is 24.8. The SMILES string of the molecule is CN=C1C(O)[C@@H](OCC2(O)C[C@H](NC(=N)C(C)(C)O)C[C@H](N)C2O[C@H]2O[C@H](CN=C(N)CO)CCC2N)OCC1(C)O. The van der Waals surface area contributed by atoms with Gasteiger partial charge in [0, 0.05) is 25.6 Å². The van der Waals surface area contributed by atoms with E-state index in [9.17, 15) is 20.4 Å². The van der Waals surface area contributed by atoms with Crippen molar-refractivity contribution in [2.24, 2.45) is 27.2 Å². The molecule has 3 fully saturated rings. The van der Waals surface area contributed by atoms with E-state index >= 15 is 0 Å². The number of ether oxygens (including phenoxy) is 4. The molecule has 0 radical (unpaired) electrons. The van der Waals surface area contributed by atoms with Crippen LogP contribution in [0.5, 0.6) is 0 Å². The van der Waals surface area contributed by atoms with Crippen LogP contribution in [0.1, 0.15) is 46.5 Å². The summed E-state index contributed by atoms with van der Waals surface area (Å²) in [7, 11) is 1.44. The van der Waals surface area contributed by atoms with Crippen molar-refractivity contribution in [2.75, 3.05) is 33.4 Å². The van der Waals surface area contributed by atoms with Crippen molar-refractivity contribution in [2.45, 2.75) is 112 Å². The molecule has 0 amide bonds. The number of nitrogens with one attached hydrogen (secondary N) is 2. The predicted molar refractivity (Wildman–Crippen MR) is 153 cm³/mol. The number of hydrogen-bond acceptors (Lipinski definition) is 14. The van der Waals surface area contributed by atoms with Crippen molar-refractivity contribution in [1.29, 1.82) is 5.41 Å². The number of amidine groups is 2. The number of aliphatic hydroxyl groups is 5. The molecule has 16 nitrogen and oxygen atoms in total. The van der Waals surface area contributed by atoms with Gasteiger partial charge in [-0.05, 0) is 40.0 Å². The molecule has 0 aromatic rings. The van der Waals surface area contributed by atoms with Crippen molar-refractivity contribution >= 4 is 17.4 Å². The van der Waals surface area contributed by atoms with E-state index in [0.29, 0.717) is 12.8 Å². The van der Waals surface area contributed by atoms with Crippen molar-refractivity contribution < 1.29 is 44.5 Å². The fraction of sp³-hybridized carbons (Fsp3) is 0.885. The summed E-state index contributed by atoms with van der Waals surface area (Å²) in [4.78, 5) is 8.09. The lowest BCUT2D eigenvalue weighted by molar-refractivity contribution is -0.285. The normalized spacial score (nSPS) is 41.1. The molecular weight excluding hydrogens is 554 g/mol. The first-order valence-electron chi connectivity index (χ1n) is 14.1. The molecule has 42 heavy (non-hydrogen) atoms. The molecule has 13 N–H and O–H groups in total. The Morgan fingerprint density at radius 2 is 1.90 bits per heavy atom. The maximum atomic E-state index is 12.0. The van der Waals surface area contributed by atoms with Crippen LogP contribution in [0.3, 0.4) is 0 Å². The molecule has 242 valence electrons. The van der Waals surface area contributed by atoms with E-state index in [2.05, 4.69) is 15.3 Å². The minimum absolute atomic E-state index is 0.0121. The zero-order valence-electron chi connectivity index (χ0n) is 24.8. The highest BCUT2D eigenvalue weighted by Gasteiger charge is 2.52. The molecule has 0 bridgehead atoms. The van der Waals surface area contributed by atoms with Crippen LogP contribution in [-0.2, 0) is 18.9 Å². The molecule has 16 heteroatoms. The number of aliphatic hydroxyl groups excluding tert-OH is 2. The minimum atomic E-state index is -1.79. The molecular formula is C26H49N7O9. The zero-order chi connectivity index (χ0) is 31.5. The fourth-order valence-electron chi connectivity index (χ4n) is 5.49. The van der Waals surface area contributed by atoms with E-state index in [4.69, 9.17) is 46.7 Å². The van der Waals surface area contributed by atoms with E-state index < -0.39 is 72.4 Å². The van der Waals surface area contributed by atoms with Gasteiger partial charge in [-0.3, -0.25) is 15.4 Å². The Hall–Kier alpha value is -1.83. The molecule has 5 unspecified atom stereocenters. The fourth-order valence-corrected chi connectivity index (χ4v) is 5.49. The Labute approximate surface area is 245 Å². The van der Waals surface area contributed by atoms with Gasteiger partial charge in [-0.1, -0.05) is 0 Å². The van der Waals surface area contributed by atoms with Gasteiger partial charge in [0.15, 0.2) is 12.6 Å². The van der Waals surface area contributed by atoms with Gasteiger partial charge in [0.1, 0.15) is 47.3 Å². The van der Waals surface area contributed by atoms with Crippen LogP contribution in [0.2, 0.25) is 0 Å². The first kappa shape index (κ1) is 34.7. The Morgan fingerprint density at radius 1 is 1.21 bits per heavy atom. The summed E-state index contributed by atoms with van der Waals surface area (Å²) in [5.41, 5.74) is 13.8. The van der Waals surface area contributed by atoms with Crippen LogP contribution < -0.4 is 22.5 Å². The molecule has 0 aromatic heterocycles. The van der Waals surface area contributed by atoms with Crippen LogP contribution in [0.15, 0.2) is 9.98 Å². The summed E-state index contributed by atoms with van der Waals surface area (Å²) in [5.74, 6) is -0.0746. The molecule has 3 rings (SSSR count). The molecule has 1 aliphatic carbocycles. The van der Waals surface area contributed by atoms with Crippen molar-refractivity contribution in [3.63, 3.8) is 0 Å². The number of nitrogens with two attached hydrogens (primary N) is 3. The number of rotatable bonds is 10. The van der Waals surface area contributed by atoms with Gasteiger partial charge >= 0.3 is 0 Å². The van der Waals surface area contributed by atoms with Crippen molar-refractivity contribution in [3.8, 4) is 0 Å². The van der Waals surface area contributed by atoms with Gasteiger partial charge < -0.3 is 67.0 Å². The molecule has 2 heterocycles. The van der Waals surface area contributed by atoms with Gasteiger partial charge in [0.05, 0.1) is 37.6 Å². The highest BCUT2D eigenvalue weighted by Crippen LogP contribution is 2.35. The van der Waals surface area contributed by atoms with Crippen molar-refractivity contribution in [1.82, 2.24) is 5.32 Å². The summed E-state index contributed by atoms with van der Waals surface area (Å²) in [6, 6.07) is -1.86. The van der Waals surface area contributed by atoms with E-state index in [1.54, 1.807) is 0 Å². The van der Waals surface area contributed by atoms with Gasteiger partial charge in [-0.2, -0.15) is 0 Å². The second-order valence-electron chi connectivity index (χ2n) is 12.2. The van der Waals surface area contributed by atoms with Gasteiger partial charge in [-0.15, -0.1) is 0 Å². The Kier molecular flexibility index (Phi) is 11.4. The molecule has 10 atom stereocenters. The average Bonchev–Trinajstić information content (AvgIpc) is 2.89. The first-order valence-corrected chi connectivity index (χ1v) is 14.1. The summed E-state index contributed by atoms with van der Waals surface area (Å²) in [5, 5.41) is 63.9. The molecule has 1 saturated carbocycles. The smallest absolute Gasteiger partial charge is 0.189 e. The van der Waals surface area contributed by atoms with Crippen LogP contribution in [0.4, 0.5) is 0 Å². The lowest BCUT2D eigenvalue weighted by Crippen LogP contribution is -2.67. The van der Waals surface area contributed by atoms with Gasteiger partial charge in [-0.25, -0.2) is 0 Å². The largest absolute Gasteiger partial charge is 0.388 e. The van der Waals surface area contributed by atoms with E-state index in [1.165, 1.54) is 27.8 Å². The number of hydrogen-bond donors (Lipinski definition) is 10. The summed E-state index contributed by atoms with van der Waals surface area (Å²) >= 11 is 0. The second-order valence-corrected chi connectivity index (χ2v) is 12.2. The van der Waals surface area contributed by atoms with E-state index in [-0.39, 0.29) is 50.0 Å². The molecule has 0 spiro atoms. The van der Waals surface area contributed by atoms with E-state index in [0.717, 1.165) is 0 Å². The average molecular weight is 604 g/mol. The third kappa shape index (κ3) is 8.41. The van der Waals surface area contributed by atoms with Gasteiger partial charge in [0.2, 0.25) is 0 Å². The lowest BCUT2D eigenvalue weighted by Gasteiger charge is -2.49. The summed E-state index contributed by atoms with van der Waals surface area (Å²) in [6.07, 6.45) is -3.68. The maximum Gasteiger partial charge on any atom is 0.189 e. The molecule has 2 saturated heterocycles. The lowest BCUT2D eigenvalue weighted by atomic mass is 9.76. The van der Waals surface area contributed by atoms with E-state index in [1.807, 2.05) is 0 Å². The van der Waals surface area contributed by atoms with Crippen LogP contribution in [0.25, 0.3) is 0 Å². The predicted octanol–water partition coefficient (Wildman–Crippen LogP) is -3.33. The third-order valence-electron chi connectivity index (χ3n) is 7.83. The number of nitrogens with zero attached hydrogens (tertiary/aromatic N) is 2. The standard InChI is InChI=1S/C26H49N7O9/c1-24(2,36)23(30)33-13-7-16(28)20(42-21-15(27)6-5-14(41-21)9-32-17(29)10-34)26(38,8-13)12-40-22-18(35)19(31-4)25(3,37)11-39-22/h13-16,18,20-22,34-38H,5-12,27-28H2,1-4H3,(H2,29,32)(H2,30,33)/t13-,14+,15?,16+,18?,20?,21-,22-,25?,26?/m1/s1. The highest BCUT2D eigenvalue weighted by molar-refractivity contribution is 5.96. The van der Waals surface area contributed by atoms with Gasteiger partial charge in [0.25, 0.3) is 0 Å². The molecule has 3 aliphatic rings. The van der Waals surface area contributed by atoms with Crippen LogP contribution >= 0.6 is 0 Å². The Bertz CT molecular complexity index is 992. The summed E-state index contributed by atoms with van der Waals surface area (Å²) in [6.45, 7) is 3.60. The second kappa shape index (κ2) is 13.9. The summed E-state index contributed by atoms with van der Waals surface area (Å²) < 4.78 is 23.7. The monoisotopic (exact) mass is 603 g/mol. The van der Waals surface area contributed by atoms with Crippen LogP contribution in [-0.4, -0.2) is 142 Å². The number of aliphatic imine (C=N–C) groups is 2. The third-order valence-corrected chi connectivity index (χ3v) is 7.83. The van der Waals surface area contributed by atoms with Crippen LogP contribution in [0, 0.1) is 5.41 Å². The Morgan fingerprint density at radius 3 is 2.52 bits per heavy atom. The first-order chi connectivity index (χ1) is 19.5. The topological polar surface area (TPSA) is 277 Å². The Balaban J connectivity index is 1.81. The molecule has 2 aliphatic heterocycles. The molecule has 0 aromatic carbocycles. The maximum absolute atomic E-state index is 12.0. The minimum Gasteiger partial charge on any atom is -0.388 e. The quantitative estimate of drug-likeness (QED) is 0.0865. The highest BCUT2D eigenvalue weighted by atomic mass is 16.7.